The van der Waals surface area contributed by atoms with Crippen LogP contribution in [0, 0.1) is 12.7 Å². The summed E-state index contributed by atoms with van der Waals surface area (Å²) in [7, 11) is 0. The van der Waals surface area contributed by atoms with Crippen molar-refractivity contribution < 1.29 is 18.7 Å². The van der Waals surface area contributed by atoms with Crippen LogP contribution >= 0.6 is 0 Å². The number of aryl methyl sites for hydroxylation is 1. The van der Waals surface area contributed by atoms with Crippen molar-refractivity contribution in [2.24, 2.45) is 0 Å². The average molecular weight is 342 g/mol. The van der Waals surface area contributed by atoms with Crippen molar-refractivity contribution in [3.8, 4) is 5.75 Å². The molecule has 0 saturated carbocycles. The Morgan fingerprint density at radius 1 is 1.24 bits per heavy atom. The zero-order valence-electron chi connectivity index (χ0n) is 13.9. The van der Waals surface area contributed by atoms with E-state index < -0.39 is 0 Å². The Morgan fingerprint density at radius 2 is 2.00 bits per heavy atom. The van der Waals surface area contributed by atoms with Crippen LogP contribution in [0.2, 0.25) is 0 Å². The maximum absolute atomic E-state index is 12.8. The highest BCUT2D eigenvalue weighted by atomic mass is 19.1. The van der Waals surface area contributed by atoms with Gasteiger partial charge in [0.1, 0.15) is 11.6 Å². The topological polar surface area (TPSA) is 58.6 Å². The number of carbonyl (C=O) groups excluding carboxylic acids is 2. The van der Waals surface area contributed by atoms with Gasteiger partial charge in [-0.25, -0.2) is 4.39 Å². The molecule has 3 rings (SSSR count). The number of rotatable bonds is 5. The van der Waals surface area contributed by atoms with Gasteiger partial charge in [0.15, 0.2) is 6.61 Å². The predicted octanol–water partition coefficient (Wildman–Crippen LogP) is 3.28. The molecule has 1 aliphatic heterocycles. The van der Waals surface area contributed by atoms with E-state index in [-0.39, 0.29) is 24.2 Å². The normalized spacial score (nSPS) is 13.8. The second-order valence-corrected chi connectivity index (χ2v) is 5.94. The summed E-state index contributed by atoms with van der Waals surface area (Å²) in [6, 6.07) is 10.9. The number of hydrogen-bond acceptors (Lipinski definition) is 3. The molecule has 1 aliphatic rings. The minimum atomic E-state index is -0.361. The molecule has 2 aromatic rings. The van der Waals surface area contributed by atoms with Gasteiger partial charge in [0.05, 0.1) is 0 Å². The Labute approximate surface area is 145 Å². The molecule has 5 nitrogen and oxygen atoms in total. The molecular weight excluding hydrogens is 323 g/mol. The zero-order chi connectivity index (χ0) is 17.8. The Morgan fingerprint density at radius 3 is 2.68 bits per heavy atom. The molecule has 0 aliphatic carbocycles. The third-order valence-corrected chi connectivity index (χ3v) is 4.04. The molecule has 1 saturated heterocycles. The van der Waals surface area contributed by atoms with Crippen LogP contribution in [0.3, 0.4) is 0 Å². The van der Waals surface area contributed by atoms with Gasteiger partial charge in [0.25, 0.3) is 5.91 Å². The maximum atomic E-state index is 12.8. The summed E-state index contributed by atoms with van der Waals surface area (Å²) in [6.45, 7) is 2.45. The van der Waals surface area contributed by atoms with Crippen molar-refractivity contribution in [2.45, 2.75) is 19.8 Å². The van der Waals surface area contributed by atoms with E-state index in [0.29, 0.717) is 24.4 Å². The quantitative estimate of drug-likeness (QED) is 0.907. The standard InChI is InChI=1S/C19H19FN2O3/c1-13-4-7-15(11-17(13)22-10-2-3-19(22)24)21-18(23)12-25-16-8-5-14(20)6-9-16/h4-9,11H,2-3,10,12H2,1H3,(H,21,23). The lowest BCUT2D eigenvalue weighted by molar-refractivity contribution is -0.118. The number of nitrogens with one attached hydrogen (secondary N) is 1. The number of hydrogen-bond donors (Lipinski definition) is 1. The SMILES string of the molecule is Cc1ccc(NC(=O)COc2ccc(F)cc2)cc1N1CCCC1=O. The first-order valence-corrected chi connectivity index (χ1v) is 8.12. The number of ether oxygens (including phenoxy) is 1. The van der Waals surface area contributed by atoms with Gasteiger partial charge in [0, 0.05) is 24.3 Å². The molecule has 0 radical (unpaired) electrons. The van der Waals surface area contributed by atoms with E-state index in [4.69, 9.17) is 4.74 Å². The third kappa shape index (κ3) is 4.15. The number of halogens is 1. The summed E-state index contributed by atoms with van der Waals surface area (Å²) < 4.78 is 18.2. The van der Waals surface area contributed by atoms with Crippen LogP contribution in [0.1, 0.15) is 18.4 Å². The monoisotopic (exact) mass is 342 g/mol. The van der Waals surface area contributed by atoms with E-state index in [9.17, 15) is 14.0 Å². The Balaban J connectivity index is 1.63. The van der Waals surface area contributed by atoms with Crippen molar-refractivity contribution in [1.29, 1.82) is 0 Å². The van der Waals surface area contributed by atoms with Crippen LogP contribution in [0.5, 0.6) is 5.75 Å². The smallest absolute Gasteiger partial charge is 0.262 e. The van der Waals surface area contributed by atoms with Crippen molar-refractivity contribution in [3.63, 3.8) is 0 Å². The Bertz CT molecular complexity index is 790. The second-order valence-electron chi connectivity index (χ2n) is 5.94. The highest BCUT2D eigenvalue weighted by molar-refractivity contribution is 5.98. The molecule has 2 amide bonds. The molecule has 1 fully saturated rings. The number of nitrogens with zero attached hydrogens (tertiary/aromatic N) is 1. The lowest BCUT2D eigenvalue weighted by atomic mass is 10.1. The minimum absolute atomic E-state index is 0.103. The lowest BCUT2D eigenvalue weighted by Gasteiger charge is -2.19. The Kier molecular flexibility index (Phi) is 4.97. The first-order valence-electron chi connectivity index (χ1n) is 8.12. The van der Waals surface area contributed by atoms with Crippen LogP contribution in [-0.2, 0) is 9.59 Å². The summed E-state index contributed by atoms with van der Waals surface area (Å²) in [5.74, 6) is -0.164. The van der Waals surface area contributed by atoms with Gasteiger partial charge in [-0.05, 0) is 55.3 Å². The molecule has 1 heterocycles. The van der Waals surface area contributed by atoms with Crippen LogP contribution in [0.15, 0.2) is 42.5 Å². The largest absolute Gasteiger partial charge is 0.484 e. The highest BCUT2D eigenvalue weighted by Crippen LogP contribution is 2.28. The van der Waals surface area contributed by atoms with Gasteiger partial charge in [-0.3, -0.25) is 9.59 Å². The summed E-state index contributed by atoms with van der Waals surface area (Å²) in [4.78, 5) is 25.7. The molecule has 0 unspecified atom stereocenters. The number of anilines is 2. The summed E-state index contributed by atoms with van der Waals surface area (Å²) in [5, 5.41) is 2.75. The fourth-order valence-electron chi connectivity index (χ4n) is 2.76. The Hall–Kier alpha value is -2.89. The van der Waals surface area contributed by atoms with Crippen LogP contribution in [-0.4, -0.2) is 25.0 Å². The first kappa shape index (κ1) is 17.0. The van der Waals surface area contributed by atoms with E-state index in [1.54, 1.807) is 17.0 Å². The van der Waals surface area contributed by atoms with E-state index in [1.807, 2.05) is 13.0 Å². The van der Waals surface area contributed by atoms with E-state index in [0.717, 1.165) is 17.7 Å². The molecule has 0 bridgehead atoms. The summed E-state index contributed by atoms with van der Waals surface area (Å²) >= 11 is 0. The molecule has 6 heteroatoms. The van der Waals surface area contributed by atoms with Crippen molar-refractivity contribution in [3.05, 3.63) is 53.8 Å². The molecule has 25 heavy (non-hydrogen) atoms. The van der Waals surface area contributed by atoms with Crippen LogP contribution in [0.25, 0.3) is 0 Å². The van der Waals surface area contributed by atoms with E-state index in [2.05, 4.69) is 5.32 Å². The molecule has 0 aromatic heterocycles. The van der Waals surface area contributed by atoms with Gasteiger partial charge >= 0.3 is 0 Å². The number of carbonyl (C=O) groups is 2. The van der Waals surface area contributed by atoms with Crippen molar-refractivity contribution in [2.75, 3.05) is 23.4 Å². The highest BCUT2D eigenvalue weighted by Gasteiger charge is 2.23. The molecule has 130 valence electrons. The minimum Gasteiger partial charge on any atom is -0.484 e. The van der Waals surface area contributed by atoms with Crippen LogP contribution < -0.4 is 15.0 Å². The first-order chi connectivity index (χ1) is 12.0. The van der Waals surface area contributed by atoms with Crippen LogP contribution in [0.4, 0.5) is 15.8 Å². The molecular formula is C19H19FN2O3. The second kappa shape index (κ2) is 7.34. The number of benzene rings is 2. The molecule has 0 atom stereocenters. The lowest BCUT2D eigenvalue weighted by Crippen LogP contribution is -2.25. The summed E-state index contributed by atoms with van der Waals surface area (Å²) in [6.07, 6.45) is 1.40. The zero-order valence-corrected chi connectivity index (χ0v) is 13.9. The average Bonchev–Trinajstić information content (AvgIpc) is 3.02. The maximum Gasteiger partial charge on any atom is 0.262 e. The fourth-order valence-corrected chi connectivity index (χ4v) is 2.76. The van der Waals surface area contributed by atoms with Gasteiger partial charge in [0.2, 0.25) is 5.91 Å². The molecule has 2 aromatic carbocycles. The van der Waals surface area contributed by atoms with Gasteiger partial charge < -0.3 is 15.0 Å². The van der Waals surface area contributed by atoms with Gasteiger partial charge in [-0.2, -0.15) is 0 Å². The predicted molar refractivity (Wildman–Crippen MR) is 93.3 cm³/mol. The molecule has 0 spiro atoms. The van der Waals surface area contributed by atoms with Crippen molar-refractivity contribution in [1.82, 2.24) is 0 Å². The summed E-state index contributed by atoms with van der Waals surface area (Å²) in [5.41, 5.74) is 2.41. The van der Waals surface area contributed by atoms with E-state index in [1.165, 1.54) is 24.3 Å². The van der Waals surface area contributed by atoms with E-state index >= 15 is 0 Å². The molecule has 1 N–H and O–H groups in total. The number of amides is 2. The van der Waals surface area contributed by atoms with Crippen molar-refractivity contribution >= 4 is 23.2 Å². The van der Waals surface area contributed by atoms with Gasteiger partial charge in [-0.1, -0.05) is 6.07 Å². The fraction of sp³-hybridized carbons (Fsp3) is 0.263. The van der Waals surface area contributed by atoms with Gasteiger partial charge in [-0.15, -0.1) is 0 Å². The third-order valence-electron chi connectivity index (χ3n) is 4.04.